The summed E-state index contributed by atoms with van der Waals surface area (Å²) < 4.78 is 11.5. The van der Waals surface area contributed by atoms with E-state index in [-0.39, 0.29) is 23.7 Å². The summed E-state index contributed by atoms with van der Waals surface area (Å²) in [5.41, 5.74) is 2.31. The van der Waals surface area contributed by atoms with E-state index in [1.54, 1.807) is 25.2 Å². The third kappa shape index (κ3) is 7.50. The van der Waals surface area contributed by atoms with Crippen LogP contribution in [0.3, 0.4) is 0 Å². The molecule has 2 heterocycles. The van der Waals surface area contributed by atoms with Gasteiger partial charge in [-0.15, -0.1) is 11.3 Å². The zero-order valence-electron chi connectivity index (χ0n) is 24.7. The van der Waals surface area contributed by atoms with Crippen LogP contribution in [0.25, 0.3) is 10.4 Å². The average molecular weight is 575 g/mol. The van der Waals surface area contributed by atoms with Gasteiger partial charge in [-0.2, -0.15) is 0 Å². The Morgan fingerprint density at radius 2 is 1.83 bits per heavy atom. The molecule has 41 heavy (non-hydrogen) atoms. The standard InChI is InChI=1S/C34H42N2O4S/c1-24(2)23-39-33(38)34(3,4)40-30-10-5-9-29(20-30)35-18-6-8-27(22-35)32(37)36(28-16-17-28)21-25-12-14-26(15-13-25)31-11-7-19-41-31/h5,7,9-15,19-20,24,27-28H,6,8,16-18,21-23H2,1-4H3/t27-/m1/s1. The summed E-state index contributed by atoms with van der Waals surface area (Å²) in [6, 6.07) is 21.1. The maximum Gasteiger partial charge on any atom is 0.349 e. The van der Waals surface area contributed by atoms with E-state index in [0.717, 1.165) is 37.9 Å². The molecule has 0 unspecified atom stereocenters. The van der Waals surface area contributed by atoms with Crippen molar-refractivity contribution in [1.82, 2.24) is 4.90 Å². The van der Waals surface area contributed by atoms with E-state index in [4.69, 9.17) is 9.47 Å². The quantitative estimate of drug-likeness (QED) is 0.227. The molecule has 2 aliphatic rings. The number of piperidine rings is 1. The molecule has 1 aromatic heterocycles. The maximum atomic E-state index is 13.9. The van der Waals surface area contributed by atoms with Gasteiger partial charge in [-0.05, 0) is 80.2 Å². The number of benzene rings is 2. The normalized spacial score (nSPS) is 17.4. The Labute approximate surface area is 248 Å². The molecule has 6 nitrogen and oxygen atoms in total. The highest BCUT2D eigenvalue weighted by molar-refractivity contribution is 7.13. The minimum Gasteiger partial charge on any atom is -0.476 e. The van der Waals surface area contributed by atoms with Crippen molar-refractivity contribution in [3.63, 3.8) is 0 Å². The van der Waals surface area contributed by atoms with Crippen LogP contribution in [0.2, 0.25) is 0 Å². The van der Waals surface area contributed by atoms with Gasteiger partial charge >= 0.3 is 5.97 Å². The largest absolute Gasteiger partial charge is 0.476 e. The minimum atomic E-state index is -1.10. The van der Waals surface area contributed by atoms with Crippen LogP contribution in [0.5, 0.6) is 5.75 Å². The van der Waals surface area contributed by atoms with Gasteiger partial charge in [0, 0.05) is 42.3 Å². The highest BCUT2D eigenvalue weighted by Crippen LogP contribution is 2.34. The van der Waals surface area contributed by atoms with Crippen molar-refractivity contribution in [2.45, 2.75) is 71.6 Å². The van der Waals surface area contributed by atoms with E-state index in [2.05, 4.69) is 57.6 Å². The fourth-order valence-corrected chi connectivity index (χ4v) is 6.06. The monoisotopic (exact) mass is 574 g/mol. The molecular weight excluding hydrogens is 532 g/mol. The molecule has 1 aliphatic heterocycles. The number of hydrogen-bond donors (Lipinski definition) is 0. The molecule has 1 saturated carbocycles. The summed E-state index contributed by atoms with van der Waals surface area (Å²) in [7, 11) is 0. The lowest BCUT2D eigenvalue weighted by molar-refractivity contribution is -0.160. The Bertz CT molecular complexity index is 1310. The first-order chi connectivity index (χ1) is 19.7. The molecule has 1 saturated heterocycles. The van der Waals surface area contributed by atoms with E-state index in [0.29, 0.717) is 31.5 Å². The predicted molar refractivity (Wildman–Crippen MR) is 165 cm³/mol. The van der Waals surface area contributed by atoms with Gasteiger partial charge in [-0.25, -0.2) is 4.79 Å². The lowest BCUT2D eigenvalue weighted by Crippen LogP contribution is -2.45. The highest BCUT2D eigenvalue weighted by Gasteiger charge is 2.37. The van der Waals surface area contributed by atoms with Gasteiger partial charge in [0.15, 0.2) is 5.60 Å². The van der Waals surface area contributed by atoms with E-state index in [1.165, 1.54) is 16.0 Å². The van der Waals surface area contributed by atoms with Gasteiger partial charge in [0.05, 0.1) is 12.5 Å². The number of hydrogen-bond acceptors (Lipinski definition) is 6. The number of esters is 1. The van der Waals surface area contributed by atoms with Gasteiger partial charge in [0.2, 0.25) is 5.91 Å². The zero-order chi connectivity index (χ0) is 29.0. The van der Waals surface area contributed by atoms with Gasteiger partial charge in [0.25, 0.3) is 0 Å². The third-order valence-electron chi connectivity index (χ3n) is 7.75. The Morgan fingerprint density at radius 1 is 1.05 bits per heavy atom. The van der Waals surface area contributed by atoms with Gasteiger partial charge in [-0.1, -0.05) is 50.2 Å². The van der Waals surface area contributed by atoms with Crippen LogP contribution in [0.1, 0.15) is 58.9 Å². The molecule has 0 radical (unpaired) electrons. The Kier molecular flexibility index (Phi) is 9.03. The second-order valence-electron chi connectivity index (χ2n) is 12.3. The van der Waals surface area contributed by atoms with Crippen molar-refractivity contribution in [3.8, 4) is 16.2 Å². The number of anilines is 1. The maximum absolute atomic E-state index is 13.9. The number of amides is 1. The molecule has 2 aromatic carbocycles. The fraction of sp³-hybridized carbons (Fsp3) is 0.471. The van der Waals surface area contributed by atoms with Crippen molar-refractivity contribution in [2.75, 3.05) is 24.6 Å². The van der Waals surface area contributed by atoms with Crippen molar-refractivity contribution in [3.05, 3.63) is 71.6 Å². The van der Waals surface area contributed by atoms with Crippen LogP contribution in [-0.2, 0) is 20.9 Å². The molecule has 0 spiro atoms. The molecule has 1 atom stereocenters. The zero-order valence-corrected chi connectivity index (χ0v) is 25.5. The average Bonchev–Trinajstić information content (AvgIpc) is 3.66. The number of carbonyl (C=O) groups is 2. The van der Waals surface area contributed by atoms with E-state index < -0.39 is 5.60 Å². The van der Waals surface area contributed by atoms with Crippen LogP contribution in [0, 0.1) is 11.8 Å². The molecule has 1 aliphatic carbocycles. The number of nitrogens with zero attached hydrogens (tertiary/aromatic N) is 2. The van der Waals surface area contributed by atoms with E-state index >= 15 is 0 Å². The lowest BCUT2D eigenvalue weighted by Gasteiger charge is -2.36. The first kappa shape index (κ1) is 29.2. The second-order valence-corrected chi connectivity index (χ2v) is 13.2. The fourth-order valence-electron chi connectivity index (χ4n) is 5.33. The van der Waals surface area contributed by atoms with Crippen molar-refractivity contribution in [2.24, 2.45) is 11.8 Å². The predicted octanol–water partition coefficient (Wildman–Crippen LogP) is 7.18. The molecule has 7 heteroatoms. The molecule has 1 amide bonds. The SMILES string of the molecule is CC(C)COC(=O)C(C)(C)Oc1cccc(N2CCC[C@@H](C(=O)N(Cc3ccc(-c4cccs4)cc3)C3CC3)C2)c1. The molecule has 3 aromatic rings. The van der Waals surface area contributed by atoms with E-state index in [1.807, 2.05) is 32.0 Å². The topological polar surface area (TPSA) is 59.1 Å². The Hall–Kier alpha value is -3.32. The molecule has 5 rings (SSSR count). The van der Waals surface area contributed by atoms with Crippen LogP contribution < -0.4 is 9.64 Å². The van der Waals surface area contributed by atoms with Crippen molar-refractivity contribution >= 4 is 28.9 Å². The third-order valence-corrected chi connectivity index (χ3v) is 8.67. The number of rotatable bonds is 11. The summed E-state index contributed by atoms with van der Waals surface area (Å²) in [5.74, 6) is 0.734. The van der Waals surface area contributed by atoms with Crippen LogP contribution in [0.15, 0.2) is 66.0 Å². The minimum absolute atomic E-state index is 0.0400. The van der Waals surface area contributed by atoms with Crippen molar-refractivity contribution < 1.29 is 19.1 Å². The first-order valence-electron chi connectivity index (χ1n) is 14.8. The molecule has 0 N–H and O–H groups in total. The number of ether oxygens (including phenoxy) is 2. The van der Waals surface area contributed by atoms with E-state index in [9.17, 15) is 9.59 Å². The van der Waals surface area contributed by atoms with Gasteiger partial charge in [0.1, 0.15) is 5.75 Å². The summed E-state index contributed by atoms with van der Waals surface area (Å²) >= 11 is 1.74. The molecule has 0 bridgehead atoms. The Morgan fingerprint density at radius 3 is 2.51 bits per heavy atom. The summed E-state index contributed by atoms with van der Waals surface area (Å²) in [5, 5.41) is 2.10. The van der Waals surface area contributed by atoms with Crippen LogP contribution in [0.4, 0.5) is 5.69 Å². The molecule has 218 valence electrons. The van der Waals surface area contributed by atoms with Crippen LogP contribution in [-0.4, -0.2) is 48.1 Å². The lowest BCUT2D eigenvalue weighted by atomic mass is 9.95. The summed E-state index contributed by atoms with van der Waals surface area (Å²) in [4.78, 5) is 32.2. The number of thiophene rings is 1. The van der Waals surface area contributed by atoms with Gasteiger partial charge in [-0.3, -0.25) is 4.79 Å². The van der Waals surface area contributed by atoms with Gasteiger partial charge < -0.3 is 19.3 Å². The van der Waals surface area contributed by atoms with Crippen LogP contribution >= 0.6 is 11.3 Å². The highest BCUT2D eigenvalue weighted by atomic mass is 32.1. The van der Waals surface area contributed by atoms with Crippen molar-refractivity contribution in [1.29, 1.82) is 0 Å². The second kappa shape index (κ2) is 12.7. The molecule has 2 fully saturated rings. The number of carbonyl (C=O) groups excluding carboxylic acids is 2. The Balaban J connectivity index is 1.23. The summed E-state index contributed by atoms with van der Waals surface area (Å²) in [6.07, 6.45) is 4.04. The first-order valence-corrected chi connectivity index (χ1v) is 15.7. The molecular formula is C34H42N2O4S. The summed E-state index contributed by atoms with van der Waals surface area (Å²) in [6.45, 7) is 10.1. The smallest absolute Gasteiger partial charge is 0.349 e.